The third kappa shape index (κ3) is 5.87. The van der Waals surface area contributed by atoms with Crippen LogP contribution in [0.3, 0.4) is 0 Å². The summed E-state index contributed by atoms with van der Waals surface area (Å²) in [7, 11) is 0. The van der Waals surface area contributed by atoms with Crippen LogP contribution in [-0.2, 0) is 0 Å². The smallest absolute Gasteiger partial charge is 0.0461 e. The molecular weight excluding hydrogens is 388 g/mol. The lowest BCUT2D eigenvalue weighted by molar-refractivity contribution is 1.28. The molecule has 5 rings (SSSR count). The number of hydrogen-bond acceptors (Lipinski definition) is 2. The molecule has 2 heteroatoms. The summed E-state index contributed by atoms with van der Waals surface area (Å²) in [6.45, 7) is 0. The predicted molar refractivity (Wildman–Crippen MR) is 137 cm³/mol. The van der Waals surface area contributed by atoms with Crippen LogP contribution in [0.25, 0.3) is 0 Å². The second-order valence-electron chi connectivity index (χ2n) is 7.20. The van der Waals surface area contributed by atoms with Crippen LogP contribution in [0.2, 0.25) is 0 Å². The van der Waals surface area contributed by atoms with Crippen molar-refractivity contribution < 1.29 is 0 Å². The largest absolute Gasteiger partial charge is 0.356 e. The third-order valence-electron chi connectivity index (χ3n) is 4.88. The van der Waals surface area contributed by atoms with Crippen molar-refractivity contribution in [3.05, 3.63) is 152 Å². The minimum absolute atomic E-state index is 1.12. The number of nitrogens with one attached hydrogen (secondary N) is 1. The van der Waals surface area contributed by atoms with Crippen LogP contribution in [0.15, 0.2) is 152 Å². The van der Waals surface area contributed by atoms with Gasteiger partial charge in [-0.05, 0) is 60.7 Å². The van der Waals surface area contributed by atoms with Crippen LogP contribution in [0.5, 0.6) is 0 Å². The van der Waals surface area contributed by atoms with E-state index in [0.29, 0.717) is 0 Å². The minimum Gasteiger partial charge on any atom is -0.356 e. The number of benzene rings is 5. The Morgan fingerprint density at radius 1 is 0.312 bits per heavy atom. The van der Waals surface area contributed by atoms with Gasteiger partial charge in [0.1, 0.15) is 0 Å². The van der Waals surface area contributed by atoms with Crippen molar-refractivity contribution in [2.24, 2.45) is 0 Å². The van der Waals surface area contributed by atoms with Gasteiger partial charge in [-0.15, -0.1) is 0 Å². The molecule has 5 aromatic carbocycles. The summed E-state index contributed by atoms with van der Waals surface area (Å²) in [6, 6.07) is 51.5. The Morgan fingerprint density at radius 3 is 0.844 bits per heavy atom. The molecule has 0 bridgehead atoms. The highest BCUT2D eigenvalue weighted by molar-refractivity contribution is 5.76. The summed E-state index contributed by atoms with van der Waals surface area (Å²) in [5, 5.41) is 3.30. The van der Waals surface area contributed by atoms with E-state index in [1.54, 1.807) is 0 Å². The van der Waals surface area contributed by atoms with Crippen LogP contribution >= 0.6 is 0 Å². The van der Waals surface area contributed by atoms with Crippen molar-refractivity contribution in [1.82, 2.24) is 0 Å². The van der Waals surface area contributed by atoms with Crippen LogP contribution in [0, 0.1) is 0 Å². The van der Waals surface area contributed by atoms with Gasteiger partial charge in [0.2, 0.25) is 0 Å². The number of hydrogen-bond donors (Lipinski definition) is 1. The van der Waals surface area contributed by atoms with E-state index in [1.807, 2.05) is 78.9 Å². The van der Waals surface area contributed by atoms with Gasteiger partial charge in [-0.1, -0.05) is 91.0 Å². The zero-order valence-electron chi connectivity index (χ0n) is 17.9. The van der Waals surface area contributed by atoms with Crippen molar-refractivity contribution in [2.75, 3.05) is 10.2 Å². The summed E-state index contributed by atoms with van der Waals surface area (Å²) < 4.78 is 0. The van der Waals surface area contributed by atoms with Crippen LogP contribution in [0.4, 0.5) is 28.4 Å². The van der Waals surface area contributed by atoms with Gasteiger partial charge in [0.05, 0.1) is 0 Å². The Morgan fingerprint density at radius 2 is 0.562 bits per heavy atom. The molecule has 0 aromatic heterocycles. The summed E-state index contributed by atoms with van der Waals surface area (Å²) in [6.07, 6.45) is 0. The Bertz CT molecular complexity index is 1030. The zero-order chi connectivity index (χ0) is 21.8. The zero-order valence-corrected chi connectivity index (χ0v) is 17.9. The van der Waals surface area contributed by atoms with Gasteiger partial charge >= 0.3 is 0 Å². The van der Waals surface area contributed by atoms with Crippen molar-refractivity contribution in [3.8, 4) is 0 Å². The van der Waals surface area contributed by atoms with Gasteiger partial charge in [-0.25, -0.2) is 0 Å². The number of nitrogens with zero attached hydrogens (tertiary/aromatic N) is 1. The van der Waals surface area contributed by atoms with Crippen molar-refractivity contribution >= 4 is 28.4 Å². The molecule has 5 aromatic rings. The maximum absolute atomic E-state index is 3.30. The maximum atomic E-state index is 3.30. The number of para-hydroxylation sites is 5. The van der Waals surface area contributed by atoms with Gasteiger partial charge in [-0.2, -0.15) is 0 Å². The first kappa shape index (κ1) is 21.0. The average molecular weight is 415 g/mol. The van der Waals surface area contributed by atoms with E-state index in [9.17, 15) is 0 Å². The van der Waals surface area contributed by atoms with Crippen molar-refractivity contribution in [1.29, 1.82) is 0 Å². The summed E-state index contributed by atoms with van der Waals surface area (Å²) in [5.74, 6) is 0. The number of anilines is 5. The first-order chi connectivity index (χ1) is 15.9. The molecule has 2 nitrogen and oxygen atoms in total. The topological polar surface area (TPSA) is 15.3 Å². The van der Waals surface area contributed by atoms with Crippen molar-refractivity contribution in [3.63, 3.8) is 0 Å². The molecule has 0 aliphatic rings. The lowest BCUT2D eigenvalue weighted by atomic mass is 10.2. The quantitative estimate of drug-likeness (QED) is 0.310. The average Bonchev–Trinajstić information content (AvgIpc) is 2.88. The molecule has 0 atom stereocenters. The summed E-state index contributed by atoms with van der Waals surface area (Å²) in [5.41, 5.74) is 5.74. The normalized spacial score (nSPS) is 9.88. The van der Waals surface area contributed by atoms with E-state index in [2.05, 4.69) is 83.0 Å². The number of rotatable bonds is 5. The van der Waals surface area contributed by atoms with E-state index in [1.165, 1.54) is 17.1 Å². The van der Waals surface area contributed by atoms with Crippen molar-refractivity contribution in [2.45, 2.75) is 0 Å². The molecule has 156 valence electrons. The second kappa shape index (κ2) is 11.2. The Kier molecular flexibility index (Phi) is 7.33. The monoisotopic (exact) mass is 414 g/mol. The lowest BCUT2D eigenvalue weighted by Crippen LogP contribution is -2.09. The molecule has 0 aliphatic carbocycles. The van der Waals surface area contributed by atoms with E-state index < -0.39 is 0 Å². The fourth-order valence-corrected chi connectivity index (χ4v) is 3.39. The van der Waals surface area contributed by atoms with Gasteiger partial charge in [0, 0.05) is 28.4 Å². The van der Waals surface area contributed by atoms with Gasteiger partial charge in [0.15, 0.2) is 0 Å². The van der Waals surface area contributed by atoms with Crippen LogP contribution in [-0.4, -0.2) is 0 Å². The molecule has 0 spiro atoms. The molecule has 0 saturated carbocycles. The summed E-state index contributed by atoms with van der Waals surface area (Å²) >= 11 is 0. The van der Waals surface area contributed by atoms with E-state index in [0.717, 1.165) is 11.4 Å². The van der Waals surface area contributed by atoms with Crippen LogP contribution < -0.4 is 10.2 Å². The molecule has 0 aliphatic heterocycles. The molecular formula is C30H26N2. The fraction of sp³-hybridized carbons (Fsp3) is 0. The highest BCUT2D eigenvalue weighted by Gasteiger charge is 2.10. The van der Waals surface area contributed by atoms with E-state index >= 15 is 0 Å². The first-order valence-electron chi connectivity index (χ1n) is 10.7. The lowest BCUT2D eigenvalue weighted by Gasteiger charge is -2.25. The van der Waals surface area contributed by atoms with E-state index in [4.69, 9.17) is 0 Å². The molecule has 0 saturated heterocycles. The van der Waals surface area contributed by atoms with Gasteiger partial charge in [0.25, 0.3) is 0 Å². The summed E-state index contributed by atoms with van der Waals surface area (Å²) in [4.78, 5) is 2.25. The Labute approximate surface area is 190 Å². The maximum Gasteiger partial charge on any atom is 0.0461 e. The molecule has 0 heterocycles. The second-order valence-corrected chi connectivity index (χ2v) is 7.20. The Balaban J connectivity index is 0.000000165. The van der Waals surface area contributed by atoms with E-state index in [-0.39, 0.29) is 0 Å². The SMILES string of the molecule is c1ccc(N(c2ccccc2)c2ccccc2)cc1.c1ccc(Nc2ccccc2)cc1. The third-order valence-corrected chi connectivity index (χ3v) is 4.88. The minimum atomic E-state index is 1.12. The van der Waals surface area contributed by atoms with Gasteiger partial charge < -0.3 is 10.2 Å². The molecule has 32 heavy (non-hydrogen) atoms. The molecule has 0 radical (unpaired) electrons. The molecule has 0 amide bonds. The standard InChI is InChI=1S/C18H15N.C12H11N/c1-4-10-16(11-5-1)19(17-12-6-2-7-13-17)18-14-8-3-9-15-18;1-3-7-11(8-4-1)13-12-9-5-2-6-10-12/h1-15H;1-10,13H. The van der Waals surface area contributed by atoms with Crippen LogP contribution in [0.1, 0.15) is 0 Å². The fourth-order valence-electron chi connectivity index (χ4n) is 3.39. The predicted octanol–water partition coefficient (Wildman–Crippen LogP) is 8.59. The molecule has 0 fully saturated rings. The first-order valence-corrected chi connectivity index (χ1v) is 10.7. The molecule has 1 N–H and O–H groups in total. The van der Waals surface area contributed by atoms with Gasteiger partial charge in [-0.3, -0.25) is 0 Å². The Hall–Kier alpha value is -4.30. The highest BCUT2D eigenvalue weighted by atomic mass is 15.1. The molecule has 0 unspecified atom stereocenters. The highest BCUT2D eigenvalue weighted by Crippen LogP contribution is 2.33.